The van der Waals surface area contributed by atoms with Gasteiger partial charge in [-0.3, -0.25) is 0 Å². The van der Waals surface area contributed by atoms with Crippen LogP contribution in [0, 0.1) is 0 Å². The minimum absolute atomic E-state index is 0.178. The van der Waals surface area contributed by atoms with E-state index in [0.717, 1.165) is 43.2 Å². The monoisotopic (exact) mass is 328 g/mol. The highest BCUT2D eigenvalue weighted by atomic mass is 16.5. The molecule has 24 heavy (non-hydrogen) atoms. The number of hydrogen-bond donors (Lipinski definition) is 1. The number of piperidine rings is 1. The standard InChI is InChI=1S/C19H24N2O3/c1-14(22)16-6-5-9-19(20-16)21-12-10-15(11-13-21)24-18-8-4-3-7-17(18)23-2/h3-9,14-15,22H,10-13H2,1-2H3/t14-/m0/s1. The molecule has 0 saturated carbocycles. The Labute approximate surface area is 142 Å². The van der Waals surface area contributed by atoms with Crippen molar-refractivity contribution >= 4 is 5.82 Å². The number of nitrogens with zero attached hydrogens (tertiary/aromatic N) is 2. The normalized spacial score (nSPS) is 16.7. The van der Waals surface area contributed by atoms with E-state index in [0.29, 0.717) is 5.69 Å². The van der Waals surface area contributed by atoms with E-state index in [1.807, 2.05) is 42.5 Å². The number of benzene rings is 1. The first kappa shape index (κ1) is 16.6. The van der Waals surface area contributed by atoms with Crippen LogP contribution in [0.25, 0.3) is 0 Å². The maximum atomic E-state index is 9.69. The van der Waals surface area contributed by atoms with Gasteiger partial charge in [-0.1, -0.05) is 18.2 Å². The average molecular weight is 328 g/mol. The second-order valence-electron chi connectivity index (χ2n) is 6.05. The number of anilines is 1. The molecule has 1 N–H and O–H groups in total. The summed E-state index contributed by atoms with van der Waals surface area (Å²) in [5.74, 6) is 2.49. The summed E-state index contributed by atoms with van der Waals surface area (Å²) in [4.78, 5) is 6.79. The van der Waals surface area contributed by atoms with Gasteiger partial charge in [-0.25, -0.2) is 4.98 Å². The molecule has 0 bridgehead atoms. The van der Waals surface area contributed by atoms with Crippen LogP contribution in [0.2, 0.25) is 0 Å². The number of aliphatic hydroxyl groups excluding tert-OH is 1. The van der Waals surface area contributed by atoms with E-state index in [9.17, 15) is 5.11 Å². The molecule has 0 radical (unpaired) electrons. The summed E-state index contributed by atoms with van der Waals surface area (Å²) in [7, 11) is 1.66. The van der Waals surface area contributed by atoms with Gasteiger partial charge in [0.2, 0.25) is 0 Å². The van der Waals surface area contributed by atoms with Crippen molar-refractivity contribution in [2.24, 2.45) is 0 Å². The van der Waals surface area contributed by atoms with E-state index in [2.05, 4.69) is 9.88 Å². The van der Waals surface area contributed by atoms with Crippen LogP contribution in [0.15, 0.2) is 42.5 Å². The molecule has 0 aliphatic carbocycles. The van der Waals surface area contributed by atoms with Crippen LogP contribution in [0.4, 0.5) is 5.82 Å². The highest BCUT2D eigenvalue weighted by Crippen LogP contribution is 2.29. The van der Waals surface area contributed by atoms with Crippen LogP contribution in [-0.2, 0) is 0 Å². The SMILES string of the molecule is COc1ccccc1OC1CCN(c2cccc([C@H](C)O)n2)CC1. The number of pyridine rings is 1. The Bertz CT molecular complexity index is 667. The topological polar surface area (TPSA) is 54.8 Å². The molecule has 2 heterocycles. The first-order valence-electron chi connectivity index (χ1n) is 8.37. The molecule has 1 aromatic heterocycles. The van der Waals surface area contributed by atoms with E-state index in [1.165, 1.54) is 0 Å². The summed E-state index contributed by atoms with van der Waals surface area (Å²) in [5, 5.41) is 9.69. The van der Waals surface area contributed by atoms with Crippen LogP contribution in [0.5, 0.6) is 11.5 Å². The zero-order valence-electron chi connectivity index (χ0n) is 14.2. The van der Waals surface area contributed by atoms with Crippen molar-refractivity contribution in [1.29, 1.82) is 0 Å². The molecule has 5 heteroatoms. The second kappa shape index (κ2) is 7.53. The van der Waals surface area contributed by atoms with Crippen LogP contribution in [-0.4, -0.2) is 36.4 Å². The van der Waals surface area contributed by atoms with Gasteiger partial charge in [0.25, 0.3) is 0 Å². The Morgan fingerprint density at radius 3 is 2.46 bits per heavy atom. The fourth-order valence-corrected chi connectivity index (χ4v) is 2.95. The number of para-hydroxylation sites is 2. The molecule has 3 rings (SSSR count). The average Bonchev–Trinajstić information content (AvgIpc) is 2.63. The van der Waals surface area contributed by atoms with Gasteiger partial charge in [0.15, 0.2) is 11.5 Å². The smallest absolute Gasteiger partial charge is 0.161 e. The molecule has 1 fully saturated rings. The predicted molar refractivity (Wildman–Crippen MR) is 93.7 cm³/mol. The maximum Gasteiger partial charge on any atom is 0.161 e. The quantitative estimate of drug-likeness (QED) is 0.913. The number of ether oxygens (including phenoxy) is 2. The van der Waals surface area contributed by atoms with E-state index in [4.69, 9.17) is 9.47 Å². The third-order valence-electron chi connectivity index (χ3n) is 4.31. The van der Waals surface area contributed by atoms with Crippen molar-refractivity contribution in [3.63, 3.8) is 0 Å². The van der Waals surface area contributed by atoms with Gasteiger partial charge < -0.3 is 19.5 Å². The molecule has 128 valence electrons. The molecule has 2 aromatic rings. The lowest BCUT2D eigenvalue weighted by Gasteiger charge is -2.33. The highest BCUT2D eigenvalue weighted by Gasteiger charge is 2.22. The first-order chi connectivity index (χ1) is 11.7. The zero-order chi connectivity index (χ0) is 16.9. The fraction of sp³-hybridized carbons (Fsp3) is 0.421. The molecule has 1 aromatic carbocycles. The molecule has 5 nitrogen and oxygen atoms in total. The van der Waals surface area contributed by atoms with Gasteiger partial charge >= 0.3 is 0 Å². The van der Waals surface area contributed by atoms with Crippen molar-refractivity contribution in [1.82, 2.24) is 4.98 Å². The van der Waals surface area contributed by atoms with Crippen LogP contribution >= 0.6 is 0 Å². The lowest BCUT2D eigenvalue weighted by molar-refractivity contribution is 0.164. The van der Waals surface area contributed by atoms with E-state index in [1.54, 1.807) is 14.0 Å². The van der Waals surface area contributed by atoms with E-state index < -0.39 is 6.10 Å². The summed E-state index contributed by atoms with van der Waals surface area (Å²) in [6, 6.07) is 13.5. The van der Waals surface area contributed by atoms with Crippen LogP contribution < -0.4 is 14.4 Å². The third kappa shape index (κ3) is 3.79. The molecule has 1 atom stereocenters. The number of aliphatic hydroxyl groups is 1. The van der Waals surface area contributed by atoms with Crippen molar-refractivity contribution in [3.8, 4) is 11.5 Å². The van der Waals surface area contributed by atoms with Crippen molar-refractivity contribution in [2.75, 3.05) is 25.1 Å². The van der Waals surface area contributed by atoms with Gasteiger partial charge in [-0.15, -0.1) is 0 Å². The lowest BCUT2D eigenvalue weighted by Crippen LogP contribution is -2.38. The summed E-state index contributed by atoms with van der Waals surface area (Å²) in [6.45, 7) is 3.51. The van der Waals surface area contributed by atoms with E-state index >= 15 is 0 Å². The van der Waals surface area contributed by atoms with Gasteiger partial charge in [-0.05, 0) is 31.2 Å². The highest BCUT2D eigenvalue weighted by molar-refractivity contribution is 5.41. The Hall–Kier alpha value is -2.27. The second-order valence-corrected chi connectivity index (χ2v) is 6.05. The summed E-state index contributed by atoms with van der Waals surface area (Å²) < 4.78 is 11.5. The van der Waals surface area contributed by atoms with Gasteiger partial charge in [0.1, 0.15) is 11.9 Å². The Morgan fingerprint density at radius 1 is 1.08 bits per heavy atom. The fourth-order valence-electron chi connectivity index (χ4n) is 2.95. The number of rotatable bonds is 5. The zero-order valence-corrected chi connectivity index (χ0v) is 14.2. The van der Waals surface area contributed by atoms with Crippen molar-refractivity contribution < 1.29 is 14.6 Å². The Kier molecular flexibility index (Phi) is 5.20. The van der Waals surface area contributed by atoms with Crippen molar-refractivity contribution in [2.45, 2.75) is 32.0 Å². The molecule has 0 unspecified atom stereocenters. The third-order valence-corrected chi connectivity index (χ3v) is 4.31. The summed E-state index contributed by atoms with van der Waals surface area (Å²) >= 11 is 0. The number of methoxy groups -OCH3 is 1. The molecule has 1 aliphatic heterocycles. The molecular formula is C19H24N2O3. The molecule has 0 amide bonds. The predicted octanol–water partition coefficient (Wildman–Crippen LogP) is 3.19. The number of aromatic nitrogens is 1. The molecule has 1 aliphatic rings. The number of hydrogen-bond acceptors (Lipinski definition) is 5. The van der Waals surface area contributed by atoms with E-state index in [-0.39, 0.29) is 6.10 Å². The Morgan fingerprint density at radius 2 is 1.79 bits per heavy atom. The molecular weight excluding hydrogens is 304 g/mol. The summed E-state index contributed by atoms with van der Waals surface area (Å²) in [6.07, 6.45) is 1.49. The first-order valence-corrected chi connectivity index (χ1v) is 8.37. The van der Waals surface area contributed by atoms with Crippen LogP contribution in [0.1, 0.15) is 31.6 Å². The molecule has 0 spiro atoms. The van der Waals surface area contributed by atoms with Gasteiger partial charge in [0.05, 0.1) is 18.9 Å². The minimum atomic E-state index is -0.545. The maximum absolute atomic E-state index is 9.69. The van der Waals surface area contributed by atoms with Crippen molar-refractivity contribution in [3.05, 3.63) is 48.2 Å². The lowest BCUT2D eigenvalue weighted by atomic mass is 10.1. The molecule has 1 saturated heterocycles. The van der Waals surface area contributed by atoms with Gasteiger partial charge in [0, 0.05) is 25.9 Å². The largest absolute Gasteiger partial charge is 0.493 e. The summed E-state index contributed by atoms with van der Waals surface area (Å²) in [5.41, 5.74) is 0.708. The minimum Gasteiger partial charge on any atom is -0.493 e. The Balaban J connectivity index is 1.61. The van der Waals surface area contributed by atoms with Gasteiger partial charge in [-0.2, -0.15) is 0 Å². The van der Waals surface area contributed by atoms with Crippen LogP contribution in [0.3, 0.4) is 0 Å².